The molecule has 1 aromatic carbocycles. The van der Waals surface area contributed by atoms with Crippen LogP contribution in [-0.2, 0) is 9.73 Å². The first-order valence-electron chi connectivity index (χ1n) is 4.70. The lowest BCUT2D eigenvalue weighted by atomic mass is 10.3. The quantitative estimate of drug-likeness (QED) is 0.840. The minimum atomic E-state index is -1.95. The molecule has 0 unspecified atom stereocenters. The minimum Gasteiger partial charge on any atom is -0.495 e. The minimum absolute atomic E-state index is 0.719. The topological polar surface area (TPSA) is 38.7 Å². The first kappa shape index (κ1) is 11.0. The van der Waals surface area contributed by atoms with E-state index in [-0.39, 0.29) is 0 Å². The Morgan fingerprint density at radius 2 is 2.20 bits per heavy atom. The van der Waals surface area contributed by atoms with Crippen molar-refractivity contribution in [3.63, 3.8) is 0 Å². The standard InChI is InChI=1S/C10H12BrNO2S/c1-14-9-5-2-4-8(10(9)11)12-15(13)6-3-7-15/h2,4-5H,3,6-7H2,1H3. The predicted octanol–water partition coefficient (Wildman–Crippen LogP) is 2.96. The van der Waals surface area contributed by atoms with Gasteiger partial charge in [0.15, 0.2) is 0 Å². The lowest BCUT2D eigenvalue weighted by Crippen LogP contribution is -2.22. The number of benzene rings is 1. The van der Waals surface area contributed by atoms with Crippen LogP contribution in [0, 0.1) is 0 Å². The van der Waals surface area contributed by atoms with Gasteiger partial charge in [-0.15, -0.1) is 0 Å². The number of hydrogen-bond acceptors (Lipinski definition) is 3. The second kappa shape index (κ2) is 4.14. The highest BCUT2D eigenvalue weighted by Crippen LogP contribution is 2.35. The molecule has 1 fully saturated rings. The SMILES string of the molecule is COc1cccc(N=S2(=O)CCC2)c1Br. The molecule has 3 nitrogen and oxygen atoms in total. The van der Waals surface area contributed by atoms with Crippen LogP contribution in [0.1, 0.15) is 6.42 Å². The van der Waals surface area contributed by atoms with Crippen LogP contribution in [0.5, 0.6) is 5.75 Å². The van der Waals surface area contributed by atoms with Crippen LogP contribution in [0.25, 0.3) is 0 Å². The second-order valence-corrected chi connectivity index (χ2v) is 6.76. The monoisotopic (exact) mass is 289 g/mol. The van der Waals surface area contributed by atoms with E-state index in [0.29, 0.717) is 0 Å². The van der Waals surface area contributed by atoms with Gasteiger partial charge in [0.1, 0.15) is 5.75 Å². The maximum absolute atomic E-state index is 11.9. The van der Waals surface area contributed by atoms with Gasteiger partial charge < -0.3 is 4.74 Å². The first-order valence-corrected chi connectivity index (χ1v) is 7.34. The normalized spacial score (nSPS) is 18.0. The van der Waals surface area contributed by atoms with Gasteiger partial charge in [-0.2, -0.15) is 4.36 Å². The fourth-order valence-corrected chi connectivity index (χ4v) is 3.50. The summed E-state index contributed by atoms with van der Waals surface area (Å²) in [5.41, 5.74) is 0.721. The third-order valence-corrected chi connectivity index (χ3v) is 5.53. The molecule has 1 aromatic rings. The number of halogens is 1. The molecule has 1 aliphatic rings. The fourth-order valence-electron chi connectivity index (χ4n) is 1.39. The zero-order valence-corrected chi connectivity index (χ0v) is 10.8. The number of ether oxygens (including phenoxy) is 1. The molecule has 2 rings (SSSR count). The molecule has 0 bridgehead atoms. The van der Waals surface area contributed by atoms with Crippen LogP contribution in [-0.4, -0.2) is 22.8 Å². The summed E-state index contributed by atoms with van der Waals surface area (Å²) in [4.78, 5) is 0. The number of rotatable bonds is 2. The van der Waals surface area contributed by atoms with E-state index in [1.807, 2.05) is 18.2 Å². The lowest BCUT2D eigenvalue weighted by molar-refractivity contribution is 0.412. The zero-order valence-electron chi connectivity index (χ0n) is 8.40. The van der Waals surface area contributed by atoms with Gasteiger partial charge in [-0.3, -0.25) is 0 Å². The molecule has 1 aliphatic heterocycles. The van der Waals surface area contributed by atoms with Crippen molar-refractivity contribution in [1.29, 1.82) is 0 Å². The molecule has 0 spiro atoms. The molecule has 0 radical (unpaired) electrons. The van der Waals surface area contributed by atoms with Gasteiger partial charge in [-0.1, -0.05) is 6.07 Å². The van der Waals surface area contributed by atoms with Crippen molar-refractivity contribution < 1.29 is 8.95 Å². The van der Waals surface area contributed by atoms with Gasteiger partial charge in [0.25, 0.3) is 0 Å². The largest absolute Gasteiger partial charge is 0.495 e. The Kier molecular flexibility index (Phi) is 3.02. The van der Waals surface area contributed by atoms with E-state index in [0.717, 1.165) is 33.8 Å². The van der Waals surface area contributed by atoms with E-state index in [1.165, 1.54) is 0 Å². The van der Waals surface area contributed by atoms with E-state index < -0.39 is 9.73 Å². The predicted molar refractivity (Wildman–Crippen MR) is 65.3 cm³/mol. The molecule has 0 saturated carbocycles. The van der Waals surface area contributed by atoms with Crippen LogP contribution in [0.2, 0.25) is 0 Å². The average molecular weight is 290 g/mol. The lowest BCUT2D eigenvalue weighted by Gasteiger charge is -2.18. The molecule has 15 heavy (non-hydrogen) atoms. The summed E-state index contributed by atoms with van der Waals surface area (Å²) < 4.78 is 22.2. The summed E-state index contributed by atoms with van der Waals surface area (Å²) in [5.74, 6) is 2.16. The van der Waals surface area contributed by atoms with E-state index in [9.17, 15) is 4.21 Å². The molecule has 1 saturated heterocycles. The molecule has 0 atom stereocenters. The first-order chi connectivity index (χ1) is 7.14. The Morgan fingerprint density at radius 1 is 1.47 bits per heavy atom. The third kappa shape index (κ3) is 2.18. The van der Waals surface area contributed by atoms with Crippen molar-refractivity contribution in [2.24, 2.45) is 4.36 Å². The number of methoxy groups -OCH3 is 1. The van der Waals surface area contributed by atoms with Crippen LogP contribution >= 0.6 is 15.9 Å². The third-order valence-electron chi connectivity index (χ3n) is 2.35. The van der Waals surface area contributed by atoms with E-state index in [4.69, 9.17) is 4.74 Å². The zero-order chi connectivity index (χ0) is 10.9. The Hall–Kier alpha value is -0.550. The summed E-state index contributed by atoms with van der Waals surface area (Å²) in [6.45, 7) is 0. The Bertz CT molecular complexity index is 482. The molecular weight excluding hydrogens is 278 g/mol. The molecular formula is C10H12BrNO2S. The van der Waals surface area contributed by atoms with Gasteiger partial charge in [-0.05, 0) is 34.5 Å². The van der Waals surface area contributed by atoms with Gasteiger partial charge in [0, 0.05) is 11.5 Å². The molecule has 0 aromatic heterocycles. The van der Waals surface area contributed by atoms with Crippen molar-refractivity contribution >= 4 is 31.3 Å². The summed E-state index contributed by atoms with van der Waals surface area (Å²) in [5, 5.41) is 0. The van der Waals surface area contributed by atoms with Crippen molar-refractivity contribution in [3.8, 4) is 5.75 Å². The van der Waals surface area contributed by atoms with Crippen LogP contribution in [0.4, 0.5) is 5.69 Å². The van der Waals surface area contributed by atoms with Gasteiger partial charge in [-0.25, -0.2) is 4.21 Å². The smallest absolute Gasteiger partial charge is 0.135 e. The molecule has 0 amide bonds. The Balaban J connectivity index is 2.45. The maximum atomic E-state index is 11.9. The van der Waals surface area contributed by atoms with Gasteiger partial charge in [0.05, 0.1) is 27.0 Å². The molecule has 5 heteroatoms. The van der Waals surface area contributed by atoms with Crippen LogP contribution in [0.15, 0.2) is 27.0 Å². The van der Waals surface area contributed by atoms with Crippen molar-refractivity contribution in [2.75, 3.05) is 18.6 Å². The number of nitrogens with zero attached hydrogens (tertiary/aromatic N) is 1. The molecule has 1 heterocycles. The highest BCUT2D eigenvalue weighted by Gasteiger charge is 2.20. The van der Waals surface area contributed by atoms with Crippen molar-refractivity contribution in [1.82, 2.24) is 0 Å². The summed E-state index contributed by atoms with van der Waals surface area (Å²) in [6, 6.07) is 5.54. The Labute approximate surface area is 98.1 Å². The average Bonchev–Trinajstić information content (AvgIpc) is 2.19. The van der Waals surface area contributed by atoms with Gasteiger partial charge in [0.2, 0.25) is 0 Å². The second-order valence-electron chi connectivity index (χ2n) is 3.42. The van der Waals surface area contributed by atoms with E-state index in [1.54, 1.807) is 7.11 Å². The Morgan fingerprint density at radius 3 is 2.73 bits per heavy atom. The summed E-state index contributed by atoms with van der Waals surface area (Å²) in [6.07, 6.45) is 1.02. The highest BCUT2D eigenvalue weighted by atomic mass is 79.9. The van der Waals surface area contributed by atoms with E-state index >= 15 is 0 Å². The highest BCUT2D eigenvalue weighted by molar-refractivity contribution is 9.10. The molecule has 0 N–H and O–H groups in total. The van der Waals surface area contributed by atoms with Crippen molar-refractivity contribution in [3.05, 3.63) is 22.7 Å². The fraction of sp³-hybridized carbons (Fsp3) is 0.400. The van der Waals surface area contributed by atoms with Crippen LogP contribution < -0.4 is 4.74 Å². The molecule has 82 valence electrons. The number of hydrogen-bond donors (Lipinski definition) is 0. The maximum Gasteiger partial charge on any atom is 0.135 e. The van der Waals surface area contributed by atoms with Crippen LogP contribution in [0.3, 0.4) is 0 Å². The summed E-state index contributed by atoms with van der Waals surface area (Å²) in [7, 11) is -0.346. The van der Waals surface area contributed by atoms with E-state index in [2.05, 4.69) is 20.3 Å². The molecule has 0 aliphatic carbocycles. The summed E-state index contributed by atoms with van der Waals surface area (Å²) >= 11 is 3.40. The van der Waals surface area contributed by atoms with Crippen molar-refractivity contribution in [2.45, 2.75) is 6.42 Å². The van der Waals surface area contributed by atoms with Gasteiger partial charge >= 0.3 is 0 Å².